The number of nitrogens with zero attached hydrogens (tertiary/aromatic N) is 2. The quantitative estimate of drug-likeness (QED) is 0.449. The minimum Gasteiger partial charge on any atom is -0.318 e. The van der Waals surface area contributed by atoms with Gasteiger partial charge in [0, 0.05) is 24.3 Å². The predicted molar refractivity (Wildman–Crippen MR) is 60.9 cm³/mol. The van der Waals surface area contributed by atoms with Crippen LogP contribution >= 0.6 is 27.5 Å². The molecule has 0 radical (unpaired) electrons. The summed E-state index contributed by atoms with van der Waals surface area (Å²) in [6, 6.07) is 2.78. The fourth-order valence-corrected chi connectivity index (χ4v) is 2.42. The van der Waals surface area contributed by atoms with Gasteiger partial charge in [-0.2, -0.15) is 5.10 Å². The van der Waals surface area contributed by atoms with Crippen LogP contribution in [-0.2, 0) is 0 Å². The Balaban J connectivity index is 2.18. The molecule has 0 aromatic carbocycles. The van der Waals surface area contributed by atoms with E-state index in [4.69, 9.17) is 11.6 Å². The van der Waals surface area contributed by atoms with Gasteiger partial charge in [0.1, 0.15) is 4.95 Å². The van der Waals surface area contributed by atoms with Crippen LogP contribution in [0.2, 0.25) is 0 Å². The van der Waals surface area contributed by atoms with Gasteiger partial charge >= 0.3 is 0 Å². The molecule has 1 N–H and O–H groups in total. The zero-order chi connectivity index (χ0) is 10.1. The highest BCUT2D eigenvalue weighted by Gasteiger charge is 2.30. The molecule has 0 aliphatic carbocycles. The molecule has 0 fully saturated rings. The van der Waals surface area contributed by atoms with Crippen molar-refractivity contribution < 1.29 is 0 Å². The van der Waals surface area contributed by atoms with E-state index < -0.39 is 0 Å². The molecule has 0 aromatic heterocycles. The summed E-state index contributed by atoms with van der Waals surface area (Å²) in [5.41, 5.74) is 1.09. The van der Waals surface area contributed by atoms with Gasteiger partial charge < -0.3 is 5.32 Å². The van der Waals surface area contributed by atoms with Gasteiger partial charge in [-0.15, -0.1) is 0 Å². The Morgan fingerprint density at radius 3 is 3.14 bits per heavy atom. The number of halogens is 2. The molecular formula is C9H9BrClN3. The number of hydrogen-bond donors (Lipinski definition) is 1. The van der Waals surface area contributed by atoms with Crippen molar-refractivity contribution in [3.8, 4) is 12.0 Å². The Hall–Kier alpha value is -0.660. The molecule has 2 aliphatic heterocycles. The van der Waals surface area contributed by atoms with Gasteiger partial charge in [-0.05, 0) is 6.92 Å². The summed E-state index contributed by atoms with van der Waals surface area (Å²) in [5.74, 6) is 2.77. The Labute approximate surface area is 96.3 Å². The van der Waals surface area contributed by atoms with E-state index in [0.29, 0.717) is 5.03 Å². The third-order valence-corrected chi connectivity index (χ3v) is 3.11. The molecule has 0 aromatic rings. The van der Waals surface area contributed by atoms with Crippen molar-refractivity contribution >= 4 is 33.2 Å². The zero-order valence-corrected chi connectivity index (χ0v) is 9.93. The van der Waals surface area contributed by atoms with Crippen LogP contribution in [-0.4, -0.2) is 21.8 Å². The number of allylic oxidation sites excluding steroid dienone is 1. The molecule has 2 heterocycles. The average molecular weight is 275 g/mol. The number of alkyl halides is 1. The molecule has 2 unspecified atom stereocenters. The number of nitrogens with one attached hydrogen (secondary N) is 1. The fraction of sp³-hybridized carbons (Fsp3) is 0.444. The number of hydrazone groups is 1. The van der Waals surface area contributed by atoms with E-state index in [-0.39, 0.29) is 11.1 Å². The molecule has 74 valence electrons. The van der Waals surface area contributed by atoms with Gasteiger partial charge in [-0.3, -0.25) is 5.01 Å². The van der Waals surface area contributed by atoms with E-state index in [2.05, 4.69) is 38.3 Å². The van der Waals surface area contributed by atoms with Crippen LogP contribution in [0.4, 0.5) is 0 Å². The van der Waals surface area contributed by atoms with E-state index in [1.54, 1.807) is 6.08 Å². The first kappa shape index (κ1) is 9.88. The standard InChI is InChI=1S/C9H9BrClN3/c1-6-5-8(10)14(13-6)9-7(11)3-2-4-12-9/h3,8-9,12H,5H2,1H3. The predicted octanol–water partition coefficient (Wildman–Crippen LogP) is 1.80. The third-order valence-electron chi connectivity index (χ3n) is 2.05. The molecule has 0 saturated heterocycles. The van der Waals surface area contributed by atoms with Gasteiger partial charge in [0.15, 0.2) is 6.17 Å². The highest BCUT2D eigenvalue weighted by molar-refractivity contribution is 9.09. The molecule has 14 heavy (non-hydrogen) atoms. The number of rotatable bonds is 1. The van der Waals surface area contributed by atoms with Crippen molar-refractivity contribution in [2.45, 2.75) is 24.5 Å². The molecule has 5 heteroatoms. The second-order valence-corrected chi connectivity index (χ2v) is 4.69. The number of hydrogen-bond acceptors (Lipinski definition) is 3. The van der Waals surface area contributed by atoms with Crippen LogP contribution in [0.1, 0.15) is 13.3 Å². The lowest BCUT2D eigenvalue weighted by molar-refractivity contribution is 0.228. The van der Waals surface area contributed by atoms with Gasteiger partial charge in [0.05, 0.1) is 5.03 Å². The van der Waals surface area contributed by atoms with Crippen LogP contribution < -0.4 is 5.32 Å². The van der Waals surface area contributed by atoms with Crippen LogP contribution in [0, 0.1) is 12.0 Å². The molecular weight excluding hydrogens is 265 g/mol. The minimum absolute atomic E-state index is 0.125. The van der Waals surface area contributed by atoms with Crippen molar-refractivity contribution in [1.29, 1.82) is 0 Å². The van der Waals surface area contributed by atoms with E-state index in [0.717, 1.165) is 12.1 Å². The summed E-state index contributed by atoms with van der Waals surface area (Å²) in [6.07, 6.45) is 2.49. The maximum absolute atomic E-state index is 6.04. The molecule has 0 spiro atoms. The van der Waals surface area contributed by atoms with Crippen LogP contribution in [0.5, 0.6) is 0 Å². The monoisotopic (exact) mass is 273 g/mol. The summed E-state index contributed by atoms with van der Waals surface area (Å²) in [5, 5.41) is 9.94. The first-order chi connectivity index (χ1) is 6.68. The van der Waals surface area contributed by atoms with Gasteiger partial charge in [-0.1, -0.05) is 33.5 Å². The molecule has 2 rings (SSSR count). The van der Waals surface area contributed by atoms with E-state index >= 15 is 0 Å². The largest absolute Gasteiger partial charge is 0.318 e. The van der Waals surface area contributed by atoms with Crippen LogP contribution in [0.25, 0.3) is 0 Å². The highest BCUT2D eigenvalue weighted by atomic mass is 79.9. The molecule has 0 amide bonds. The van der Waals surface area contributed by atoms with Gasteiger partial charge in [0.2, 0.25) is 0 Å². The van der Waals surface area contributed by atoms with E-state index in [1.807, 2.05) is 11.9 Å². The second-order valence-electron chi connectivity index (χ2n) is 3.20. The molecule has 0 bridgehead atoms. The summed E-state index contributed by atoms with van der Waals surface area (Å²) in [7, 11) is 0. The summed E-state index contributed by atoms with van der Waals surface area (Å²) in [6.45, 7) is 2.00. The lowest BCUT2D eigenvalue weighted by Gasteiger charge is -2.28. The first-order valence-corrected chi connectivity index (χ1v) is 5.56. The Morgan fingerprint density at radius 1 is 1.79 bits per heavy atom. The zero-order valence-electron chi connectivity index (χ0n) is 7.59. The first-order valence-electron chi connectivity index (χ1n) is 4.26. The van der Waals surface area contributed by atoms with Crippen molar-refractivity contribution in [2.75, 3.05) is 0 Å². The summed E-state index contributed by atoms with van der Waals surface area (Å²) >= 11 is 9.59. The summed E-state index contributed by atoms with van der Waals surface area (Å²) in [4.78, 5) is 0.196. The van der Waals surface area contributed by atoms with Gasteiger partial charge in [0.25, 0.3) is 0 Å². The average Bonchev–Trinajstić information content (AvgIpc) is 2.46. The van der Waals surface area contributed by atoms with Crippen LogP contribution in [0.3, 0.4) is 0 Å². The lowest BCUT2D eigenvalue weighted by atomic mass is 10.3. The Morgan fingerprint density at radius 2 is 2.57 bits per heavy atom. The molecule has 2 aliphatic rings. The molecule has 3 nitrogen and oxygen atoms in total. The van der Waals surface area contributed by atoms with Crippen molar-refractivity contribution in [1.82, 2.24) is 10.3 Å². The Bertz CT molecular complexity index is 366. The van der Waals surface area contributed by atoms with E-state index in [9.17, 15) is 0 Å². The van der Waals surface area contributed by atoms with Crippen LogP contribution in [0.15, 0.2) is 16.2 Å². The third kappa shape index (κ3) is 1.75. The van der Waals surface area contributed by atoms with Crippen molar-refractivity contribution in [3.05, 3.63) is 11.1 Å². The minimum atomic E-state index is -0.125. The Kier molecular flexibility index (Phi) is 2.71. The fourth-order valence-electron chi connectivity index (χ4n) is 1.41. The van der Waals surface area contributed by atoms with Crippen molar-refractivity contribution in [2.24, 2.45) is 5.10 Å². The maximum atomic E-state index is 6.04. The SMILES string of the molecule is CC1=NN(C2NC#CC=C2Cl)C(Br)C1. The highest BCUT2D eigenvalue weighted by Crippen LogP contribution is 2.26. The topological polar surface area (TPSA) is 27.6 Å². The second kappa shape index (κ2) is 3.84. The normalized spacial score (nSPS) is 30.1. The maximum Gasteiger partial charge on any atom is 0.161 e. The van der Waals surface area contributed by atoms with Gasteiger partial charge in [-0.25, -0.2) is 0 Å². The lowest BCUT2D eigenvalue weighted by Crippen LogP contribution is -2.43. The summed E-state index contributed by atoms with van der Waals surface area (Å²) < 4.78 is 0. The van der Waals surface area contributed by atoms with Crippen molar-refractivity contribution in [3.63, 3.8) is 0 Å². The molecule has 0 saturated carbocycles. The van der Waals surface area contributed by atoms with E-state index in [1.165, 1.54) is 0 Å². The smallest absolute Gasteiger partial charge is 0.161 e. The molecule has 2 atom stereocenters.